The van der Waals surface area contributed by atoms with Crippen LogP contribution in [0.1, 0.15) is 51.8 Å². The van der Waals surface area contributed by atoms with Gasteiger partial charge in [0.15, 0.2) is 0 Å². The molecule has 0 saturated carbocycles. The van der Waals surface area contributed by atoms with E-state index in [9.17, 15) is 0 Å². The van der Waals surface area contributed by atoms with E-state index in [0.29, 0.717) is 6.04 Å². The third-order valence-electron chi connectivity index (χ3n) is 2.12. The van der Waals surface area contributed by atoms with Crippen molar-refractivity contribution in [2.45, 2.75) is 40.7 Å². The first-order valence-corrected chi connectivity index (χ1v) is 6.18. The lowest BCUT2D eigenvalue weighted by atomic mass is 10.0. The molecule has 1 heteroatoms. The van der Waals surface area contributed by atoms with Crippen LogP contribution in [0.3, 0.4) is 0 Å². The van der Waals surface area contributed by atoms with E-state index >= 15 is 0 Å². The van der Waals surface area contributed by atoms with Gasteiger partial charge < -0.3 is 5.32 Å². The maximum Gasteiger partial charge on any atom is 0.0294 e. The number of benzene rings is 1. The fraction of sp³-hybridized carbons (Fsp3) is 0.467. The molecule has 16 heavy (non-hydrogen) atoms. The lowest BCUT2D eigenvalue weighted by Gasteiger charge is -2.13. The lowest BCUT2D eigenvalue weighted by molar-refractivity contribution is 0.651. The van der Waals surface area contributed by atoms with Gasteiger partial charge in [0.25, 0.3) is 0 Å². The SMILES string of the molecule is C=Cc1ccccc1C(C)NC.CC.CC. The molecular weight excluding hydrogens is 194 g/mol. The Bertz CT molecular complexity index is 266. The molecule has 0 spiro atoms. The molecule has 0 saturated heterocycles. The molecule has 92 valence electrons. The topological polar surface area (TPSA) is 12.0 Å². The summed E-state index contributed by atoms with van der Waals surface area (Å²) in [6, 6.07) is 8.67. The summed E-state index contributed by atoms with van der Waals surface area (Å²) in [5.74, 6) is 0. The van der Waals surface area contributed by atoms with Crippen molar-refractivity contribution in [3.05, 3.63) is 42.0 Å². The van der Waals surface area contributed by atoms with Crippen LogP contribution in [-0.2, 0) is 0 Å². The molecule has 0 radical (unpaired) electrons. The van der Waals surface area contributed by atoms with Crippen LogP contribution in [0.4, 0.5) is 0 Å². The summed E-state index contributed by atoms with van der Waals surface area (Å²) >= 11 is 0. The van der Waals surface area contributed by atoms with Gasteiger partial charge in [-0.15, -0.1) is 0 Å². The Balaban J connectivity index is 0. The first kappa shape index (κ1) is 17.3. The molecule has 1 nitrogen and oxygen atoms in total. The molecule has 0 aromatic heterocycles. The van der Waals surface area contributed by atoms with Crippen LogP contribution in [0.5, 0.6) is 0 Å². The molecule has 1 N–H and O–H groups in total. The third-order valence-corrected chi connectivity index (χ3v) is 2.12. The second-order valence-electron chi connectivity index (χ2n) is 2.84. The summed E-state index contributed by atoms with van der Waals surface area (Å²) in [7, 11) is 1.96. The van der Waals surface area contributed by atoms with Crippen LogP contribution >= 0.6 is 0 Å². The predicted molar refractivity (Wildman–Crippen MR) is 76.7 cm³/mol. The molecule has 0 aliphatic carbocycles. The van der Waals surface area contributed by atoms with Crippen molar-refractivity contribution in [3.8, 4) is 0 Å². The van der Waals surface area contributed by atoms with Crippen LogP contribution in [0.25, 0.3) is 6.08 Å². The van der Waals surface area contributed by atoms with Gasteiger partial charge in [0.1, 0.15) is 0 Å². The van der Waals surface area contributed by atoms with Crippen LogP contribution in [0, 0.1) is 0 Å². The lowest BCUT2D eigenvalue weighted by Crippen LogP contribution is -2.13. The van der Waals surface area contributed by atoms with Crippen molar-refractivity contribution in [1.82, 2.24) is 5.32 Å². The zero-order valence-corrected chi connectivity index (χ0v) is 11.7. The normalized spacial score (nSPS) is 10.1. The van der Waals surface area contributed by atoms with E-state index in [4.69, 9.17) is 0 Å². The Hall–Kier alpha value is -1.08. The Kier molecular flexibility index (Phi) is 13.0. The molecular formula is C15H27N. The van der Waals surface area contributed by atoms with E-state index in [1.54, 1.807) is 0 Å². The average molecular weight is 221 g/mol. The summed E-state index contributed by atoms with van der Waals surface area (Å²) in [6.45, 7) is 13.9. The molecule has 1 rings (SSSR count). The Morgan fingerprint density at radius 2 is 1.62 bits per heavy atom. The summed E-state index contributed by atoms with van der Waals surface area (Å²) < 4.78 is 0. The first-order chi connectivity index (χ1) is 7.79. The molecule has 0 aliphatic heterocycles. The monoisotopic (exact) mass is 221 g/mol. The number of hydrogen-bond donors (Lipinski definition) is 1. The quantitative estimate of drug-likeness (QED) is 0.782. The van der Waals surface area contributed by atoms with E-state index in [-0.39, 0.29) is 0 Å². The summed E-state index contributed by atoms with van der Waals surface area (Å²) in [5.41, 5.74) is 2.51. The summed E-state index contributed by atoms with van der Waals surface area (Å²) in [6.07, 6.45) is 1.89. The van der Waals surface area contributed by atoms with Gasteiger partial charge in [-0.2, -0.15) is 0 Å². The zero-order valence-electron chi connectivity index (χ0n) is 11.7. The largest absolute Gasteiger partial charge is 0.313 e. The highest BCUT2D eigenvalue weighted by Crippen LogP contribution is 2.17. The molecule has 1 aromatic carbocycles. The zero-order chi connectivity index (χ0) is 13.0. The maximum absolute atomic E-state index is 3.78. The average Bonchev–Trinajstić information content (AvgIpc) is 2.42. The molecule has 0 aliphatic rings. The van der Waals surface area contributed by atoms with Crippen molar-refractivity contribution >= 4 is 6.08 Å². The number of hydrogen-bond acceptors (Lipinski definition) is 1. The minimum atomic E-state index is 0.388. The van der Waals surface area contributed by atoms with Crippen molar-refractivity contribution in [1.29, 1.82) is 0 Å². The van der Waals surface area contributed by atoms with Crippen molar-refractivity contribution in [2.24, 2.45) is 0 Å². The molecule has 1 aromatic rings. The Morgan fingerprint density at radius 3 is 2.06 bits per heavy atom. The molecule has 1 unspecified atom stereocenters. The minimum absolute atomic E-state index is 0.388. The summed E-state index contributed by atoms with van der Waals surface area (Å²) in [5, 5.41) is 3.21. The van der Waals surface area contributed by atoms with Gasteiger partial charge in [-0.3, -0.25) is 0 Å². The fourth-order valence-electron chi connectivity index (χ4n) is 1.25. The van der Waals surface area contributed by atoms with Crippen LogP contribution in [0.2, 0.25) is 0 Å². The predicted octanol–water partition coefficient (Wildman–Crippen LogP) is 4.66. The smallest absolute Gasteiger partial charge is 0.0294 e. The first-order valence-electron chi connectivity index (χ1n) is 6.18. The van der Waals surface area contributed by atoms with E-state index in [2.05, 4.69) is 37.0 Å². The second-order valence-corrected chi connectivity index (χ2v) is 2.84. The van der Waals surface area contributed by atoms with Gasteiger partial charge >= 0.3 is 0 Å². The summed E-state index contributed by atoms with van der Waals surface area (Å²) in [4.78, 5) is 0. The highest BCUT2D eigenvalue weighted by atomic mass is 14.9. The molecule has 0 fully saturated rings. The highest BCUT2D eigenvalue weighted by molar-refractivity contribution is 5.52. The molecule has 0 heterocycles. The van der Waals surface area contributed by atoms with Crippen molar-refractivity contribution in [3.63, 3.8) is 0 Å². The van der Waals surface area contributed by atoms with Crippen LogP contribution in [0.15, 0.2) is 30.8 Å². The Labute approximate surface area is 102 Å². The van der Waals surface area contributed by atoms with Gasteiger partial charge in [0.2, 0.25) is 0 Å². The van der Waals surface area contributed by atoms with Crippen LogP contribution < -0.4 is 5.32 Å². The standard InChI is InChI=1S/C11H15N.2C2H6/c1-4-10-7-5-6-8-11(10)9(2)12-3;2*1-2/h4-9,12H,1H2,2-3H3;2*1-2H3. The van der Waals surface area contributed by atoms with E-state index < -0.39 is 0 Å². The minimum Gasteiger partial charge on any atom is -0.313 e. The van der Waals surface area contributed by atoms with E-state index in [0.717, 1.165) is 0 Å². The Morgan fingerprint density at radius 1 is 1.12 bits per heavy atom. The van der Waals surface area contributed by atoms with E-state index in [1.807, 2.05) is 46.9 Å². The second kappa shape index (κ2) is 12.0. The maximum atomic E-state index is 3.78. The number of rotatable bonds is 3. The van der Waals surface area contributed by atoms with Gasteiger partial charge in [-0.1, -0.05) is 64.6 Å². The van der Waals surface area contributed by atoms with Crippen molar-refractivity contribution in [2.75, 3.05) is 7.05 Å². The van der Waals surface area contributed by atoms with Gasteiger partial charge in [0, 0.05) is 6.04 Å². The van der Waals surface area contributed by atoms with Gasteiger partial charge in [0.05, 0.1) is 0 Å². The van der Waals surface area contributed by atoms with Gasteiger partial charge in [-0.05, 0) is 25.1 Å². The molecule has 1 atom stereocenters. The van der Waals surface area contributed by atoms with E-state index in [1.165, 1.54) is 11.1 Å². The van der Waals surface area contributed by atoms with Crippen molar-refractivity contribution < 1.29 is 0 Å². The number of nitrogens with one attached hydrogen (secondary N) is 1. The molecule has 0 amide bonds. The van der Waals surface area contributed by atoms with Crippen LogP contribution in [-0.4, -0.2) is 7.05 Å². The fourth-order valence-corrected chi connectivity index (χ4v) is 1.25. The molecule has 0 bridgehead atoms. The highest BCUT2D eigenvalue weighted by Gasteiger charge is 2.04. The van der Waals surface area contributed by atoms with Gasteiger partial charge in [-0.25, -0.2) is 0 Å². The third kappa shape index (κ3) is 5.72.